The maximum absolute atomic E-state index is 10.8. The molecule has 70 valence electrons. The van der Waals surface area contributed by atoms with Crippen molar-refractivity contribution in [3.05, 3.63) is 0 Å². The fourth-order valence-electron chi connectivity index (χ4n) is 1.10. The molecule has 0 aromatic carbocycles. The molecule has 0 amide bonds. The molecule has 0 N–H and O–H groups in total. The first-order valence-corrected chi connectivity index (χ1v) is 4.51. The molecule has 1 aliphatic rings. The summed E-state index contributed by atoms with van der Waals surface area (Å²) in [5.41, 5.74) is 0. The summed E-state index contributed by atoms with van der Waals surface area (Å²) in [4.78, 5) is 10.8. The minimum atomic E-state index is -0.259. The van der Waals surface area contributed by atoms with Gasteiger partial charge in [-0.2, -0.15) is 0 Å². The molecule has 3 nitrogen and oxygen atoms in total. The molecule has 0 aromatic rings. The SMILES string of the molecule is CCOC(=O)COC(C)C1CC1. The van der Waals surface area contributed by atoms with Crippen molar-refractivity contribution in [2.24, 2.45) is 5.92 Å². The third-order valence-corrected chi connectivity index (χ3v) is 2.06. The van der Waals surface area contributed by atoms with E-state index in [1.165, 1.54) is 12.8 Å². The van der Waals surface area contributed by atoms with E-state index in [-0.39, 0.29) is 18.7 Å². The van der Waals surface area contributed by atoms with Crippen LogP contribution in [0, 0.1) is 5.92 Å². The fourth-order valence-corrected chi connectivity index (χ4v) is 1.10. The van der Waals surface area contributed by atoms with Crippen LogP contribution < -0.4 is 0 Å². The molecule has 1 unspecified atom stereocenters. The molecular weight excluding hydrogens is 156 g/mol. The normalized spacial score (nSPS) is 18.8. The number of carbonyl (C=O) groups excluding carboxylic acids is 1. The van der Waals surface area contributed by atoms with E-state index in [4.69, 9.17) is 9.47 Å². The van der Waals surface area contributed by atoms with Crippen LogP contribution in [0.3, 0.4) is 0 Å². The minimum absolute atomic E-state index is 0.103. The Hall–Kier alpha value is -0.570. The number of esters is 1. The largest absolute Gasteiger partial charge is 0.464 e. The number of hydrogen-bond acceptors (Lipinski definition) is 3. The van der Waals surface area contributed by atoms with Crippen molar-refractivity contribution in [1.82, 2.24) is 0 Å². The van der Waals surface area contributed by atoms with Crippen LogP contribution in [0.5, 0.6) is 0 Å². The zero-order valence-corrected chi connectivity index (χ0v) is 7.71. The second-order valence-electron chi connectivity index (χ2n) is 3.16. The molecule has 1 atom stereocenters. The van der Waals surface area contributed by atoms with Crippen LogP contribution in [0.1, 0.15) is 26.7 Å². The van der Waals surface area contributed by atoms with E-state index in [1.54, 1.807) is 6.92 Å². The highest BCUT2D eigenvalue weighted by atomic mass is 16.6. The Labute approximate surface area is 73.0 Å². The second kappa shape index (κ2) is 4.45. The van der Waals surface area contributed by atoms with Gasteiger partial charge in [0.15, 0.2) is 0 Å². The molecule has 0 aliphatic heterocycles. The minimum Gasteiger partial charge on any atom is -0.464 e. The maximum Gasteiger partial charge on any atom is 0.332 e. The Morgan fingerprint density at radius 1 is 1.58 bits per heavy atom. The van der Waals surface area contributed by atoms with Gasteiger partial charge in [-0.25, -0.2) is 4.79 Å². The highest BCUT2D eigenvalue weighted by Gasteiger charge is 2.28. The summed E-state index contributed by atoms with van der Waals surface area (Å²) in [6, 6.07) is 0. The molecule has 1 saturated carbocycles. The van der Waals surface area contributed by atoms with Crippen molar-refractivity contribution in [2.75, 3.05) is 13.2 Å². The van der Waals surface area contributed by atoms with Crippen molar-refractivity contribution in [3.8, 4) is 0 Å². The van der Waals surface area contributed by atoms with Gasteiger partial charge in [0.1, 0.15) is 6.61 Å². The molecule has 3 heteroatoms. The van der Waals surface area contributed by atoms with Gasteiger partial charge in [0.25, 0.3) is 0 Å². The maximum atomic E-state index is 10.8. The van der Waals surface area contributed by atoms with Crippen LogP contribution >= 0.6 is 0 Å². The van der Waals surface area contributed by atoms with Gasteiger partial charge in [-0.15, -0.1) is 0 Å². The zero-order valence-electron chi connectivity index (χ0n) is 7.71. The van der Waals surface area contributed by atoms with Crippen LogP contribution in [0.4, 0.5) is 0 Å². The molecular formula is C9H16O3. The predicted molar refractivity (Wildman–Crippen MR) is 44.8 cm³/mol. The molecule has 0 spiro atoms. The summed E-state index contributed by atoms with van der Waals surface area (Å²) >= 11 is 0. The van der Waals surface area contributed by atoms with Crippen molar-refractivity contribution in [1.29, 1.82) is 0 Å². The summed E-state index contributed by atoms with van der Waals surface area (Å²) in [5.74, 6) is 0.421. The van der Waals surface area contributed by atoms with Crippen LogP contribution in [0.15, 0.2) is 0 Å². The van der Waals surface area contributed by atoms with Crippen molar-refractivity contribution in [3.63, 3.8) is 0 Å². The van der Waals surface area contributed by atoms with Crippen LogP contribution in [0.25, 0.3) is 0 Å². The quantitative estimate of drug-likeness (QED) is 0.587. The molecule has 0 heterocycles. The molecule has 1 fully saturated rings. The molecule has 12 heavy (non-hydrogen) atoms. The Morgan fingerprint density at radius 2 is 2.25 bits per heavy atom. The summed E-state index contributed by atoms with van der Waals surface area (Å²) < 4.78 is 10.0. The lowest BCUT2D eigenvalue weighted by atomic mass is 10.3. The average Bonchev–Trinajstić information content (AvgIpc) is 2.83. The first-order chi connectivity index (χ1) is 5.74. The molecule has 0 bridgehead atoms. The van der Waals surface area contributed by atoms with Gasteiger partial charge >= 0.3 is 5.97 Å². The second-order valence-corrected chi connectivity index (χ2v) is 3.16. The lowest BCUT2D eigenvalue weighted by Gasteiger charge is -2.10. The van der Waals surface area contributed by atoms with E-state index in [0.29, 0.717) is 12.5 Å². The Bertz CT molecular complexity index is 152. The van der Waals surface area contributed by atoms with E-state index >= 15 is 0 Å². The standard InChI is InChI=1S/C9H16O3/c1-3-11-9(10)6-12-7(2)8-4-5-8/h7-8H,3-6H2,1-2H3. The molecule has 0 saturated heterocycles. The van der Waals surface area contributed by atoms with Gasteiger partial charge in [-0.1, -0.05) is 0 Å². The lowest BCUT2D eigenvalue weighted by Crippen LogP contribution is -2.19. The molecule has 0 radical (unpaired) electrons. The van der Waals surface area contributed by atoms with Crippen molar-refractivity contribution < 1.29 is 14.3 Å². The van der Waals surface area contributed by atoms with E-state index in [1.807, 2.05) is 6.92 Å². The van der Waals surface area contributed by atoms with Gasteiger partial charge in [0.2, 0.25) is 0 Å². The van der Waals surface area contributed by atoms with E-state index in [9.17, 15) is 4.79 Å². The smallest absolute Gasteiger partial charge is 0.332 e. The Kier molecular flexibility index (Phi) is 3.53. The number of ether oxygens (including phenoxy) is 2. The third-order valence-electron chi connectivity index (χ3n) is 2.06. The van der Waals surface area contributed by atoms with Crippen molar-refractivity contribution in [2.45, 2.75) is 32.8 Å². The highest BCUT2D eigenvalue weighted by Crippen LogP contribution is 2.33. The third kappa shape index (κ3) is 3.22. The topological polar surface area (TPSA) is 35.5 Å². The predicted octanol–water partition coefficient (Wildman–Crippen LogP) is 1.36. The van der Waals surface area contributed by atoms with Gasteiger partial charge in [0.05, 0.1) is 12.7 Å². The monoisotopic (exact) mass is 172 g/mol. The Balaban J connectivity index is 2.03. The number of hydrogen-bond donors (Lipinski definition) is 0. The molecule has 0 aromatic heterocycles. The number of rotatable bonds is 5. The van der Waals surface area contributed by atoms with Crippen molar-refractivity contribution >= 4 is 5.97 Å². The number of carbonyl (C=O) groups is 1. The summed E-state index contributed by atoms with van der Waals surface area (Å²) in [6.07, 6.45) is 2.70. The van der Waals surface area contributed by atoms with Crippen LogP contribution in [0.2, 0.25) is 0 Å². The fraction of sp³-hybridized carbons (Fsp3) is 0.889. The van der Waals surface area contributed by atoms with Gasteiger partial charge in [-0.05, 0) is 32.6 Å². The van der Waals surface area contributed by atoms with E-state index in [0.717, 1.165) is 0 Å². The van der Waals surface area contributed by atoms with E-state index < -0.39 is 0 Å². The van der Waals surface area contributed by atoms with Gasteiger partial charge in [0, 0.05) is 0 Å². The summed E-state index contributed by atoms with van der Waals surface area (Å²) in [5, 5.41) is 0. The van der Waals surface area contributed by atoms with Crippen LogP contribution in [-0.2, 0) is 14.3 Å². The average molecular weight is 172 g/mol. The van der Waals surface area contributed by atoms with E-state index in [2.05, 4.69) is 0 Å². The molecule has 1 aliphatic carbocycles. The summed E-state index contributed by atoms with van der Waals surface area (Å²) in [6.45, 7) is 4.34. The first kappa shape index (κ1) is 9.52. The van der Waals surface area contributed by atoms with Gasteiger partial charge < -0.3 is 9.47 Å². The summed E-state index contributed by atoms with van der Waals surface area (Å²) in [7, 11) is 0. The zero-order chi connectivity index (χ0) is 8.97. The lowest BCUT2D eigenvalue weighted by molar-refractivity contribution is -0.150. The Morgan fingerprint density at radius 3 is 2.75 bits per heavy atom. The molecule has 1 rings (SSSR count). The van der Waals surface area contributed by atoms with Gasteiger partial charge in [-0.3, -0.25) is 0 Å². The first-order valence-electron chi connectivity index (χ1n) is 4.51. The van der Waals surface area contributed by atoms with Crippen LogP contribution in [-0.4, -0.2) is 25.3 Å². The highest BCUT2D eigenvalue weighted by molar-refractivity contribution is 5.70.